The molecule has 4 unspecified atom stereocenters. The Kier molecular flexibility index (Phi) is 1.44. The zero-order valence-corrected chi connectivity index (χ0v) is 6.47. The number of allylic oxidation sites excluding steroid dienone is 2. The van der Waals surface area contributed by atoms with Gasteiger partial charge in [0.15, 0.2) is 0 Å². The van der Waals surface area contributed by atoms with Crippen molar-refractivity contribution in [2.45, 2.75) is 6.42 Å². The minimum atomic E-state index is -0.821. The quantitative estimate of drug-likeness (QED) is 0.587. The van der Waals surface area contributed by atoms with Crippen LogP contribution in [-0.2, 0) is 4.79 Å². The monoisotopic (exact) mass is 163 g/mol. The Morgan fingerprint density at radius 3 is 2.67 bits per heavy atom. The molecule has 0 aromatic rings. The first-order chi connectivity index (χ1) is 5.74. The zero-order chi connectivity index (χ0) is 8.72. The summed E-state index contributed by atoms with van der Waals surface area (Å²) >= 11 is 0. The van der Waals surface area contributed by atoms with Crippen molar-refractivity contribution in [3.05, 3.63) is 12.2 Å². The highest BCUT2D eigenvalue weighted by atomic mass is 16.4. The first kappa shape index (κ1) is 7.35. The maximum Gasteiger partial charge on any atom is 0.308 e. The van der Waals surface area contributed by atoms with E-state index in [-0.39, 0.29) is 17.8 Å². The zero-order valence-electron chi connectivity index (χ0n) is 6.47. The Balaban J connectivity index is 2.30. The Labute approximate surface area is 70.3 Å². The molecule has 3 heteroatoms. The number of aliphatic carboxylic acids is 1. The smallest absolute Gasteiger partial charge is 0.308 e. The molecule has 0 spiro atoms. The minimum Gasteiger partial charge on any atom is -0.481 e. The van der Waals surface area contributed by atoms with Gasteiger partial charge in [0.25, 0.3) is 0 Å². The van der Waals surface area contributed by atoms with E-state index in [0.717, 1.165) is 6.42 Å². The molecule has 2 aliphatic carbocycles. The van der Waals surface area contributed by atoms with Gasteiger partial charge in [0.1, 0.15) is 0 Å². The van der Waals surface area contributed by atoms with Crippen LogP contribution >= 0.6 is 0 Å². The van der Waals surface area contributed by atoms with Crippen LogP contribution in [0.2, 0.25) is 0 Å². The average molecular weight is 163 g/mol. The van der Waals surface area contributed by atoms with Crippen LogP contribution in [-0.4, -0.2) is 11.1 Å². The van der Waals surface area contributed by atoms with Gasteiger partial charge < -0.3 is 5.11 Å². The van der Waals surface area contributed by atoms with Crippen LogP contribution in [0.5, 0.6) is 0 Å². The van der Waals surface area contributed by atoms with Gasteiger partial charge in [-0.15, -0.1) is 0 Å². The Morgan fingerprint density at radius 2 is 2.17 bits per heavy atom. The van der Waals surface area contributed by atoms with Crippen molar-refractivity contribution in [3.63, 3.8) is 0 Å². The van der Waals surface area contributed by atoms with Crippen LogP contribution in [0.25, 0.3) is 0 Å². The van der Waals surface area contributed by atoms with E-state index in [9.17, 15) is 4.79 Å². The maximum absolute atomic E-state index is 10.8. The number of fused-ring (bicyclic) bond motifs is 2. The summed E-state index contributed by atoms with van der Waals surface area (Å²) in [6, 6.07) is 2.09. The van der Waals surface area contributed by atoms with Gasteiger partial charge in [-0.3, -0.25) is 4.79 Å². The van der Waals surface area contributed by atoms with Gasteiger partial charge in [0.2, 0.25) is 0 Å². The average Bonchev–Trinajstić information content (AvgIpc) is 2.60. The molecule has 2 bridgehead atoms. The molecule has 2 aliphatic rings. The van der Waals surface area contributed by atoms with Gasteiger partial charge in [-0.2, -0.15) is 5.26 Å². The number of hydrogen-bond donors (Lipinski definition) is 1. The third kappa shape index (κ3) is 0.781. The Bertz CT molecular complexity index is 289. The van der Waals surface area contributed by atoms with Crippen molar-refractivity contribution < 1.29 is 9.90 Å². The molecule has 0 aromatic carbocycles. The van der Waals surface area contributed by atoms with Gasteiger partial charge in [0.05, 0.1) is 17.9 Å². The molecule has 0 aromatic heterocycles. The number of carboxylic acids is 1. The lowest BCUT2D eigenvalue weighted by Gasteiger charge is -2.17. The second-order valence-corrected chi connectivity index (χ2v) is 3.47. The van der Waals surface area contributed by atoms with Crippen LogP contribution in [0, 0.1) is 35.0 Å². The third-order valence-corrected chi connectivity index (χ3v) is 2.89. The van der Waals surface area contributed by atoms with Crippen LogP contribution in [0.4, 0.5) is 0 Å². The first-order valence-corrected chi connectivity index (χ1v) is 4.05. The maximum atomic E-state index is 10.8. The Hall–Kier alpha value is -1.30. The molecule has 12 heavy (non-hydrogen) atoms. The standard InChI is InChI=1S/C9H9NO2/c10-4-7-5-1-2-6(3-5)8(7)9(11)12/h1-2,5-8H,3H2,(H,11,12). The fourth-order valence-electron chi connectivity index (χ4n) is 2.33. The molecule has 1 fully saturated rings. The number of hydrogen-bond acceptors (Lipinski definition) is 2. The number of nitrogens with zero attached hydrogens (tertiary/aromatic N) is 1. The van der Waals surface area contributed by atoms with Gasteiger partial charge in [-0.1, -0.05) is 12.2 Å². The minimum absolute atomic E-state index is 0.108. The van der Waals surface area contributed by atoms with Crippen LogP contribution in [0.3, 0.4) is 0 Å². The fourth-order valence-corrected chi connectivity index (χ4v) is 2.33. The van der Waals surface area contributed by atoms with Crippen molar-refractivity contribution in [1.29, 1.82) is 5.26 Å². The van der Waals surface area contributed by atoms with Crippen LogP contribution in [0.1, 0.15) is 6.42 Å². The molecule has 4 atom stereocenters. The third-order valence-electron chi connectivity index (χ3n) is 2.89. The Morgan fingerprint density at radius 1 is 1.50 bits per heavy atom. The second kappa shape index (κ2) is 2.34. The number of rotatable bonds is 1. The van der Waals surface area contributed by atoms with Crippen molar-refractivity contribution >= 4 is 5.97 Å². The van der Waals surface area contributed by atoms with E-state index in [0.29, 0.717) is 0 Å². The molecular formula is C9H9NO2. The molecule has 3 nitrogen and oxygen atoms in total. The molecular weight excluding hydrogens is 154 g/mol. The van der Waals surface area contributed by atoms with E-state index in [2.05, 4.69) is 6.07 Å². The molecule has 1 saturated carbocycles. The normalized spacial score (nSPS) is 42.9. The van der Waals surface area contributed by atoms with Crippen LogP contribution < -0.4 is 0 Å². The van der Waals surface area contributed by atoms with E-state index in [1.807, 2.05) is 12.2 Å². The lowest BCUT2D eigenvalue weighted by Crippen LogP contribution is -2.26. The van der Waals surface area contributed by atoms with Crippen molar-refractivity contribution in [1.82, 2.24) is 0 Å². The number of carboxylic acid groups (broad SMARTS) is 1. The fraction of sp³-hybridized carbons (Fsp3) is 0.556. The van der Waals surface area contributed by atoms with E-state index in [1.54, 1.807) is 0 Å². The summed E-state index contributed by atoms with van der Waals surface area (Å²) in [5.41, 5.74) is 0. The molecule has 62 valence electrons. The summed E-state index contributed by atoms with van der Waals surface area (Å²) in [6.45, 7) is 0. The van der Waals surface area contributed by atoms with E-state index >= 15 is 0 Å². The molecule has 0 aliphatic heterocycles. The summed E-state index contributed by atoms with van der Waals surface area (Å²) in [6.07, 6.45) is 4.78. The summed E-state index contributed by atoms with van der Waals surface area (Å²) in [5, 5.41) is 17.6. The number of nitriles is 1. The molecule has 0 amide bonds. The molecule has 1 N–H and O–H groups in total. The molecule has 2 rings (SSSR count). The highest BCUT2D eigenvalue weighted by Gasteiger charge is 2.48. The van der Waals surface area contributed by atoms with Gasteiger partial charge in [-0.25, -0.2) is 0 Å². The van der Waals surface area contributed by atoms with Gasteiger partial charge in [0, 0.05) is 0 Å². The first-order valence-electron chi connectivity index (χ1n) is 4.05. The summed E-state index contributed by atoms with van der Waals surface area (Å²) < 4.78 is 0. The second-order valence-electron chi connectivity index (χ2n) is 3.47. The predicted octanol–water partition coefficient (Wildman–Crippen LogP) is 1.03. The highest BCUT2D eigenvalue weighted by molar-refractivity contribution is 5.72. The van der Waals surface area contributed by atoms with Crippen molar-refractivity contribution in [2.75, 3.05) is 0 Å². The SMILES string of the molecule is N#CC1C2C=CC(C2)C1C(=O)O. The summed E-state index contributed by atoms with van der Waals surface area (Å²) in [4.78, 5) is 10.8. The molecule has 0 saturated heterocycles. The van der Waals surface area contributed by atoms with Crippen molar-refractivity contribution in [2.24, 2.45) is 23.7 Å². The lowest BCUT2D eigenvalue weighted by atomic mass is 9.84. The van der Waals surface area contributed by atoms with Gasteiger partial charge >= 0.3 is 5.97 Å². The van der Waals surface area contributed by atoms with Crippen molar-refractivity contribution in [3.8, 4) is 6.07 Å². The van der Waals surface area contributed by atoms with E-state index in [1.165, 1.54) is 0 Å². The highest BCUT2D eigenvalue weighted by Crippen LogP contribution is 2.47. The van der Waals surface area contributed by atoms with Crippen LogP contribution in [0.15, 0.2) is 12.2 Å². The molecule has 0 heterocycles. The van der Waals surface area contributed by atoms with Gasteiger partial charge in [-0.05, 0) is 18.3 Å². The number of carbonyl (C=O) groups is 1. The predicted molar refractivity (Wildman–Crippen MR) is 41.0 cm³/mol. The molecule has 0 radical (unpaired) electrons. The topological polar surface area (TPSA) is 61.1 Å². The largest absolute Gasteiger partial charge is 0.481 e. The van der Waals surface area contributed by atoms with E-state index < -0.39 is 11.9 Å². The van der Waals surface area contributed by atoms with E-state index in [4.69, 9.17) is 10.4 Å². The lowest BCUT2D eigenvalue weighted by molar-refractivity contribution is -0.143. The summed E-state index contributed by atoms with van der Waals surface area (Å²) in [5.74, 6) is -1.26. The summed E-state index contributed by atoms with van der Waals surface area (Å²) in [7, 11) is 0.